The van der Waals surface area contributed by atoms with Gasteiger partial charge in [0.25, 0.3) is 0 Å². The number of hydrogen-bond donors (Lipinski definition) is 1. The van der Waals surface area contributed by atoms with Crippen LogP contribution >= 0.6 is 0 Å². The Morgan fingerprint density at radius 3 is 2.70 bits per heavy atom. The van der Waals surface area contributed by atoms with Crippen LogP contribution in [0.3, 0.4) is 0 Å². The van der Waals surface area contributed by atoms with Crippen molar-refractivity contribution in [1.82, 2.24) is 4.98 Å². The van der Waals surface area contributed by atoms with E-state index in [1.807, 2.05) is 24.3 Å². The summed E-state index contributed by atoms with van der Waals surface area (Å²) in [6.45, 7) is 0. The van der Waals surface area contributed by atoms with Crippen LogP contribution in [0.25, 0.3) is 10.8 Å². The summed E-state index contributed by atoms with van der Waals surface area (Å²) >= 11 is 0. The normalized spacial score (nSPS) is 12.3. The number of ether oxygens (including phenoxy) is 1. The smallest absolute Gasteiger partial charge is 0.137 e. The van der Waals surface area contributed by atoms with Gasteiger partial charge in [0.15, 0.2) is 0 Å². The minimum atomic E-state index is -0.219. The molecule has 0 aliphatic rings. The Labute approximate surface area is 118 Å². The number of hydrogen-bond acceptors (Lipinski definition) is 3. The lowest BCUT2D eigenvalue weighted by molar-refractivity contribution is 0.412. The van der Waals surface area contributed by atoms with Crippen LogP contribution in [0.5, 0.6) is 5.75 Å². The highest BCUT2D eigenvalue weighted by molar-refractivity contribution is 5.86. The van der Waals surface area contributed by atoms with E-state index in [1.54, 1.807) is 19.5 Å². The predicted molar refractivity (Wildman–Crippen MR) is 80.8 cm³/mol. The van der Waals surface area contributed by atoms with Crippen molar-refractivity contribution in [3.63, 3.8) is 0 Å². The lowest BCUT2D eigenvalue weighted by atomic mass is 9.95. The number of methoxy groups -OCH3 is 1. The molecule has 3 rings (SSSR count). The summed E-state index contributed by atoms with van der Waals surface area (Å²) in [5.74, 6) is 0.721. The molecular weight excluding hydrogens is 248 g/mol. The topological polar surface area (TPSA) is 48.1 Å². The van der Waals surface area contributed by atoms with Gasteiger partial charge in [-0.2, -0.15) is 0 Å². The Morgan fingerprint density at radius 1 is 1.05 bits per heavy atom. The van der Waals surface area contributed by atoms with Gasteiger partial charge >= 0.3 is 0 Å². The van der Waals surface area contributed by atoms with E-state index in [4.69, 9.17) is 10.5 Å². The summed E-state index contributed by atoms with van der Waals surface area (Å²) in [5, 5.41) is 2.36. The van der Waals surface area contributed by atoms with Crippen LogP contribution in [0.1, 0.15) is 17.2 Å². The number of fused-ring (bicyclic) bond motifs is 1. The molecule has 0 saturated heterocycles. The number of benzene rings is 2. The van der Waals surface area contributed by atoms with Gasteiger partial charge in [-0.05, 0) is 28.0 Å². The summed E-state index contributed by atoms with van der Waals surface area (Å²) in [6, 6.07) is 16.1. The molecule has 0 aliphatic carbocycles. The molecule has 3 nitrogen and oxygen atoms in total. The summed E-state index contributed by atoms with van der Waals surface area (Å²) in [7, 11) is 1.63. The van der Waals surface area contributed by atoms with E-state index in [2.05, 4.69) is 29.2 Å². The largest absolute Gasteiger partial charge is 0.495 e. The Bertz CT molecular complexity index is 734. The van der Waals surface area contributed by atoms with E-state index in [1.165, 1.54) is 10.8 Å². The molecule has 0 fully saturated rings. The maximum atomic E-state index is 6.41. The maximum absolute atomic E-state index is 6.41. The van der Waals surface area contributed by atoms with Gasteiger partial charge in [0.05, 0.1) is 19.3 Å². The van der Waals surface area contributed by atoms with Gasteiger partial charge in [0.1, 0.15) is 5.75 Å². The Morgan fingerprint density at radius 2 is 1.85 bits per heavy atom. The number of rotatable bonds is 3. The molecule has 0 spiro atoms. The van der Waals surface area contributed by atoms with Crippen molar-refractivity contribution < 1.29 is 4.74 Å². The van der Waals surface area contributed by atoms with Crippen LogP contribution in [-0.4, -0.2) is 12.1 Å². The number of nitrogens with zero attached hydrogens (tertiary/aromatic N) is 1. The highest BCUT2D eigenvalue weighted by Gasteiger charge is 2.13. The summed E-state index contributed by atoms with van der Waals surface area (Å²) in [4.78, 5) is 4.18. The van der Waals surface area contributed by atoms with E-state index >= 15 is 0 Å². The van der Waals surface area contributed by atoms with Gasteiger partial charge in [-0.3, -0.25) is 4.98 Å². The molecule has 3 heteroatoms. The van der Waals surface area contributed by atoms with Crippen LogP contribution in [0.4, 0.5) is 0 Å². The van der Waals surface area contributed by atoms with Gasteiger partial charge in [-0.25, -0.2) is 0 Å². The summed E-state index contributed by atoms with van der Waals surface area (Å²) in [6.07, 6.45) is 3.47. The second kappa shape index (κ2) is 5.31. The molecule has 20 heavy (non-hydrogen) atoms. The van der Waals surface area contributed by atoms with Gasteiger partial charge in [0.2, 0.25) is 0 Å². The van der Waals surface area contributed by atoms with Crippen molar-refractivity contribution in [2.24, 2.45) is 5.73 Å². The standard InChI is InChI=1S/C17H16N2O/c1-20-14-9-13(10-19-11-14)17(18)16-8-4-6-12-5-2-3-7-15(12)16/h2-11,17H,18H2,1H3. The van der Waals surface area contributed by atoms with Crippen molar-refractivity contribution in [2.75, 3.05) is 7.11 Å². The van der Waals surface area contributed by atoms with Crippen molar-refractivity contribution >= 4 is 10.8 Å². The second-order valence-electron chi connectivity index (χ2n) is 4.70. The molecule has 2 aromatic carbocycles. The third-order valence-electron chi connectivity index (χ3n) is 3.49. The fourth-order valence-electron chi connectivity index (χ4n) is 2.42. The molecule has 0 amide bonds. The average molecular weight is 264 g/mol. The molecule has 2 N–H and O–H groups in total. The van der Waals surface area contributed by atoms with Crippen molar-refractivity contribution in [3.8, 4) is 5.75 Å². The van der Waals surface area contributed by atoms with Crippen LogP contribution in [-0.2, 0) is 0 Å². The molecule has 1 atom stereocenters. The lowest BCUT2D eigenvalue weighted by Crippen LogP contribution is -2.12. The molecule has 1 unspecified atom stereocenters. The molecule has 0 saturated carbocycles. The highest BCUT2D eigenvalue weighted by Crippen LogP contribution is 2.28. The summed E-state index contributed by atoms with van der Waals surface area (Å²) < 4.78 is 5.21. The maximum Gasteiger partial charge on any atom is 0.137 e. The molecular formula is C17H16N2O. The van der Waals surface area contributed by atoms with Crippen LogP contribution in [0.2, 0.25) is 0 Å². The first kappa shape index (κ1) is 12.6. The minimum absolute atomic E-state index is 0.219. The summed E-state index contributed by atoms with van der Waals surface area (Å²) in [5.41, 5.74) is 8.45. The quantitative estimate of drug-likeness (QED) is 0.789. The first-order valence-electron chi connectivity index (χ1n) is 6.52. The Hall–Kier alpha value is -2.39. The van der Waals surface area contributed by atoms with E-state index in [-0.39, 0.29) is 6.04 Å². The van der Waals surface area contributed by atoms with Crippen LogP contribution in [0, 0.1) is 0 Å². The monoisotopic (exact) mass is 264 g/mol. The van der Waals surface area contributed by atoms with Crippen molar-refractivity contribution in [3.05, 3.63) is 72.1 Å². The Balaban J connectivity index is 2.10. The third kappa shape index (κ3) is 2.24. The van der Waals surface area contributed by atoms with Gasteiger partial charge in [-0.1, -0.05) is 42.5 Å². The van der Waals surface area contributed by atoms with E-state index in [0.29, 0.717) is 0 Å². The zero-order valence-corrected chi connectivity index (χ0v) is 11.3. The van der Waals surface area contributed by atoms with Gasteiger partial charge in [-0.15, -0.1) is 0 Å². The van der Waals surface area contributed by atoms with E-state index in [9.17, 15) is 0 Å². The molecule has 0 bridgehead atoms. The highest BCUT2D eigenvalue weighted by atomic mass is 16.5. The number of nitrogens with two attached hydrogens (primary N) is 1. The van der Waals surface area contributed by atoms with E-state index in [0.717, 1.165) is 16.9 Å². The van der Waals surface area contributed by atoms with Crippen molar-refractivity contribution in [1.29, 1.82) is 0 Å². The fourth-order valence-corrected chi connectivity index (χ4v) is 2.42. The average Bonchev–Trinajstić information content (AvgIpc) is 2.53. The molecule has 100 valence electrons. The van der Waals surface area contributed by atoms with E-state index < -0.39 is 0 Å². The zero-order valence-electron chi connectivity index (χ0n) is 11.3. The predicted octanol–water partition coefficient (Wildman–Crippen LogP) is 3.29. The fraction of sp³-hybridized carbons (Fsp3) is 0.118. The number of aromatic nitrogens is 1. The molecule has 1 aromatic heterocycles. The Kier molecular flexibility index (Phi) is 3.35. The van der Waals surface area contributed by atoms with Crippen LogP contribution < -0.4 is 10.5 Å². The third-order valence-corrected chi connectivity index (χ3v) is 3.49. The lowest BCUT2D eigenvalue weighted by Gasteiger charge is -2.15. The van der Waals surface area contributed by atoms with Crippen molar-refractivity contribution in [2.45, 2.75) is 6.04 Å². The second-order valence-corrected chi connectivity index (χ2v) is 4.70. The van der Waals surface area contributed by atoms with Crippen LogP contribution in [0.15, 0.2) is 60.9 Å². The first-order valence-corrected chi connectivity index (χ1v) is 6.52. The molecule has 1 heterocycles. The first-order chi connectivity index (χ1) is 9.79. The van der Waals surface area contributed by atoms with Gasteiger partial charge < -0.3 is 10.5 Å². The zero-order chi connectivity index (χ0) is 13.9. The molecule has 0 aliphatic heterocycles. The molecule has 3 aromatic rings. The van der Waals surface area contributed by atoms with Gasteiger partial charge in [0, 0.05) is 6.20 Å². The SMILES string of the molecule is COc1cncc(C(N)c2cccc3ccccc23)c1. The minimum Gasteiger partial charge on any atom is -0.495 e. The molecule has 0 radical (unpaired) electrons. The number of pyridine rings is 1.